The fraction of sp³-hybridized carbons (Fsp3) is 0.200. The van der Waals surface area contributed by atoms with E-state index in [1.54, 1.807) is 6.08 Å². The number of fused-ring (bicyclic) bond motifs is 1. The van der Waals surface area contributed by atoms with Crippen LogP contribution < -0.4 is 0 Å². The van der Waals surface area contributed by atoms with Gasteiger partial charge in [-0.1, -0.05) is 23.7 Å². The van der Waals surface area contributed by atoms with Crippen molar-refractivity contribution in [2.24, 2.45) is 0 Å². The third-order valence-corrected chi connectivity index (χ3v) is 2.70. The molecule has 0 spiro atoms. The second-order valence-corrected chi connectivity index (χ2v) is 3.87. The summed E-state index contributed by atoms with van der Waals surface area (Å²) in [5.74, 6) is 0. The van der Waals surface area contributed by atoms with Crippen molar-refractivity contribution < 1.29 is 10.0 Å². The molecule has 1 aromatic rings. The molecule has 0 saturated heterocycles. The molecule has 4 heteroatoms. The fourth-order valence-corrected chi connectivity index (χ4v) is 1.86. The second-order valence-electron chi connectivity index (χ2n) is 3.44. The lowest BCUT2D eigenvalue weighted by Gasteiger charge is -2.15. The average Bonchev–Trinajstić information content (AvgIpc) is 2.16. The molecule has 1 aliphatic carbocycles. The number of hydrogen-bond donors (Lipinski definition) is 2. The van der Waals surface area contributed by atoms with Crippen LogP contribution in [-0.2, 0) is 6.42 Å². The quantitative estimate of drug-likeness (QED) is 0.690. The third-order valence-electron chi connectivity index (χ3n) is 2.46. The van der Waals surface area contributed by atoms with Gasteiger partial charge in [-0.15, -0.1) is 0 Å². The summed E-state index contributed by atoms with van der Waals surface area (Å²) >= 11 is 5.85. The van der Waals surface area contributed by atoms with E-state index in [0.717, 1.165) is 12.0 Å². The van der Waals surface area contributed by atoms with Gasteiger partial charge < -0.3 is 10.0 Å². The first-order chi connectivity index (χ1) is 6.66. The van der Waals surface area contributed by atoms with Gasteiger partial charge in [0.25, 0.3) is 0 Å². The molecule has 0 aromatic heterocycles. The number of aryl methyl sites for hydroxylation is 1. The van der Waals surface area contributed by atoms with Crippen molar-refractivity contribution >= 4 is 24.8 Å². The number of halogens is 1. The van der Waals surface area contributed by atoms with E-state index in [2.05, 4.69) is 0 Å². The van der Waals surface area contributed by atoms with Crippen LogP contribution in [0.5, 0.6) is 0 Å². The monoisotopic (exact) mass is 208 g/mol. The summed E-state index contributed by atoms with van der Waals surface area (Å²) in [6.07, 6.45) is 3.34. The molecular formula is C10H10BClO2. The van der Waals surface area contributed by atoms with Gasteiger partial charge in [0.05, 0.1) is 0 Å². The zero-order chi connectivity index (χ0) is 10.1. The van der Waals surface area contributed by atoms with Gasteiger partial charge in [0.1, 0.15) is 0 Å². The molecule has 2 nitrogen and oxygen atoms in total. The second kappa shape index (κ2) is 3.77. The van der Waals surface area contributed by atoms with Gasteiger partial charge in [0.15, 0.2) is 0 Å². The van der Waals surface area contributed by atoms with Gasteiger partial charge in [0, 0.05) is 5.02 Å². The molecule has 0 aliphatic heterocycles. The normalized spacial score (nSPS) is 14.6. The molecule has 0 amide bonds. The Hall–Kier alpha value is -0.765. The van der Waals surface area contributed by atoms with E-state index in [1.807, 2.05) is 18.2 Å². The van der Waals surface area contributed by atoms with Crippen molar-refractivity contribution in [1.82, 2.24) is 0 Å². The van der Waals surface area contributed by atoms with Crippen molar-refractivity contribution in [1.29, 1.82) is 0 Å². The molecule has 0 radical (unpaired) electrons. The maximum absolute atomic E-state index is 9.03. The van der Waals surface area contributed by atoms with Crippen LogP contribution in [0.1, 0.15) is 17.5 Å². The SMILES string of the molecule is OB(O)C1=Cc2cc(Cl)ccc2CC1. The van der Waals surface area contributed by atoms with E-state index in [1.165, 1.54) is 5.56 Å². The molecule has 0 fully saturated rings. The van der Waals surface area contributed by atoms with Crippen LogP contribution in [0.4, 0.5) is 0 Å². The highest BCUT2D eigenvalue weighted by molar-refractivity contribution is 6.52. The van der Waals surface area contributed by atoms with E-state index in [-0.39, 0.29) is 0 Å². The lowest BCUT2D eigenvalue weighted by molar-refractivity contribution is 0.417. The van der Waals surface area contributed by atoms with Gasteiger partial charge in [-0.3, -0.25) is 0 Å². The standard InChI is InChI=1S/C10H10BClO2/c12-10-4-2-7-1-3-9(11(13)14)5-8(7)6-10/h2,4-6,13-14H,1,3H2. The van der Waals surface area contributed by atoms with Crippen molar-refractivity contribution in [3.63, 3.8) is 0 Å². The summed E-state index contributed by atoms with van der Waals surface area (Å²) in [5, 5.41) is 18.7. The van der Waals surface area contributed by atoms with E-state index in [0.29, 0.717) is 16.9 Å². The summed E-state index contributed by atoms with van der Waals surface area (Å²) in [6.45, 7) is 0. The van der Waals surface area contributed by atoms with Gasteiger partial charge in [0.2, 0.25) is 0 Å². The zero-order valence-corrected chi connectivity index (χ0v) is 8.33. The summed E-state index contributed by atoms with van der Waals surface area (Å²) in [7, 11) is -1.35. The Morgan fingerprint density at radius 1 is 1.21 bits per heavy atom. The Morgan fingerprint density at radius 3 is 2.71 bits per heavy atom. The van der Waals surface area contributed by atoms with E-state index in [9.17, 15) is 0 Å². The predicted molar refractivity (Wildman–Crippen MR) is 57.9 cm³/mol. The van der Waals surface area contributed by atoms with Gasteiger partial charge in [-0.05, 0) is 41.6 Å². The van der Waals surface area contributed by atoms with E-state index < -0.39 is 7.12 Å². The van der Waals surface area contributed by atoms with Gasteiger partial charge in [-0.2, -0.15) is 0 Å². The van der Waals surface area contributed by atoms with Gasteiger partial charge >= 0.3 is 7.12 Å². The number of hydrogen-bond acceptors (Lipinski definition) is 2. The van der Waals surface area contributed by atoms with Crippen LogP contribution in [-0.4, -0.2) is 17.2 Å². The Morgan fingerprint density at radius 2 is 2.00 bits per heavy atom. The number of allylic oxidation sites excluding steroid dienone is 1. The first-order valence-electron chi connectivity index (χ1n) is 4.52. The van der Waals surface area contributed by atoms with Crippen molar-refractivity contribution in [2.45, 2.75) is 12.8 Å². The highest BCUT2D eigenvalue weighted by Gasteiger charge is 2.19. The molecule has 0 heterocycles. The highest BCUT2D eigenvalue weighted by atomic mass is 35.5. The molecule has 0 atom stereocenters. The minimum Gasteiger partial charge on any atom is -0.423 e. The highest BCUT2D eigenvalue weighted by Crippen LogP contribution is 2.26. The smallest absolute Gasteiger partial charge is 0.423 e. The van der Waals surface area contributed by atoms with Crippen LogP contribution >= 0.6 is 11.6 Å². The molecule has 72 valence electrons. The Labute approximate surface area is 88.0 Å². The van der Waals surface area contributed by atoms with Crippen molar-refractivity contribution in [3.05, 3.63) is 39.8 Å². The largest absolute Gasteiger partial charge is 0.484 e. The lowest BCUT2D eigenvalue weighted by Crippen LogP contribution is -2.18. The third kappa shape index (κ3) is 1.85. The molecule has 2 rings (SSSR count). The van der Waals surface area contributed by atoms with E-state index in [4.69, 9.17) is 21.6 Å². The van der Waals surface area contributed by atoms with Gasteiger partial charge in [-0.25, -0.2) is 0 Å². The fourth-order valence-electron chi connectivity index (χ4n) is 1.68. The summed E-state index contributed by atoms with van der Waals surface area (Å²) in [6, 6.07) is 5.68. The molecule has 0 saturated carbocycles. The summed E-state index contributed by atoms with van der Waals surface area (Å²) < 4.78 is 0. The van der Waals surface area contributed by atoms with Crippen LogP contribution in [0.3, 0.4) is 0 Å². The molecule has 0 unspecified atom stereocenters. The number of rotatable bonds is 1. The van der Waals surface area contributed by atoms with Crippen LogP contribution in [0, 0.1) is 0 Å². The molecule has 1 aliphatic rings. The molecule has 14 heavy (non-hydrogen) atoms. The first kappa shape index (κ1) is 9.78. The molecular weight excluding hydrogens is 198 g/mol. The van der Waals surface area contributed by atoms with E-state index >= 15 is 0 Å². The Kier molecular flexibility index (Phi) is 2.63. The molecule has 2 N–H and O–H groups in total. The van der Waals surface area contributed by atoms with Crippen LogP contribution in [0.15, 0.2) is 23.7 Å². The number of benzene rings is 1. The van der Waals surface area contributed by atoms with Crippen LogP contribution in [0.25, 0.3) is 6.08 Å². The molecule has 0 bridgehead atoms. The minimum atomic E-state index is -1.35. The first-order valence-corrected chi connectivity index (χ1v) is 4.89. The maximum atomic E-state index is 9.03. The Bertz CT molecular complexity index is 388. The van der Waals surface area contributed by atoms with Crippen molar-refractivity contribution in [3.8, 4) is 0 Å². The van der Waals surface area contributed by atoms with Crippen LogP contribution in [0.2, 0.25) is 5.02 Å². The maximum Gasteiger partial charge on any atom is 0.484 e. The zero-order valence-electron chi connectivity index (χ0n) is 7.57. The minimum absolute atomic E-state index is 0.653. The van der Waals surface area contributed by atoms with Crippen molar-refractivity contribution in [2.75, 3.05) is 0 Å². The predicted octanol–water partition coefficient (Wildman–Crippen LogP) is 1.68. The lowest BCUT2D eigenvalue weighted by atomic mass is 9.72. The Balaban J connectivity index is 2.42. The molecule has 1 aromatic carbocycles. The summed E-state index contributed by atoms with van der Waals surface area (Å²) in [5.41, 5.74) is 2.85. The summed E-state index contributed by atoms with van der Waals surface area (Å²) in [4.78, 5) is 0. The topological polar surface area (TPSA) is 40.5 Å². The average molecular weight is 208 g/mol.